The molecule has 0 bridgehead atoms. The van der Waals surface area contributed by atoms with Gasteiger partial charge in [-0.15, -0.1) is 0 Å². The van der Waals surface area contributed by atoms with Crippen LogP contribution in [0.25, 0.3) is 0 Å². The molecular weight excluding hydrogens is 107 g/mol. The summed E-state index contributed by atoms with van der Waals surface area (Å²) < 4.78 is 16.5. The molecule has 0 fully saturated rings. The maximum atomic E-state index is 12.1. The number of rotatable bonds is 4. The lowest BCUT2D eigenvalue weighted by Crippen LogP contribution is -1.99. The number of hydrogen-bond acceptors (Lipinski definition) is 1. The first-order valence-electron chi connectivity index (χ1n) is 2.71. The van der Waals surface area contributed by atoms with Gasteiger partial charge in [-0.1, -0.05) is 13.5 Å². The normalized spacial score (nSPS) is 12.8. The topological polar surface area (TPSA) is 9.23 Å². The highest BCUT2D eigenvalue weighted by Gasteiger charge is 1.99. The monoisotopic (exact) mass is 118 g/mol. The highest BCUT2D eigenvalue weighted by atomic mass is 19.1. The molecule has 0 aromatic rings. The lowest BCUT2D eigenvalue weighted by Gasteiger charge is -2.03. The summed E-state index contributed by atoms with van der Waals surface area (Å²) in [6.45, 7) is 5.12. The van der Waals surface area contributed by atoms with Crippen LogP contribution in [-0.4, -0.2) is 6.36 Å². The van der Waals surface area contributed by atoms with Gasteiger partial charge < -0.3 is 4.74 Å². The van der Waals surface area contributed by atoms with Crippen LogP contribution in [0.15, 0.2) is 12.8 Å². The van der Waals surface area contributed by atoms with E-state index >= 15 is 0 Å². The summed E-state index contributed by atoms with van der Waals surface area (Å²) in [6.07, 6.45) is 1.22. The molecule has 0 heterocycles. The van der Waals surface area contributed by atoms with E-state index in [2.05, 4.69) is 11.3 Å². The van der Waals surface area contributed by atoms with E-state index in [1.165, 1.54) is 0 Å². The van der Waals surface area contributed by atoms with Gasteiger partial charge in [0.05, 0.1) is 6.26 Å². The second-order valence-electron chi connectivity index (χ2n) is 1.50. The Kier molecular flexibility index (Phi) is 4.32. The number of ether oxygens (including phenoxy) is 1. The Hall–Kier alpha value is -0.530. The molecule has 1 atom stereocenters. The van der Waals surface area contributed by atoms with Crippen LogP contribution in [0.5, 0.6) is 0 Å². The zero-order valence-corrected chi connectivity index (χ0v) is 5.06. The van der Waals surface area contributed by atoms with Gasteiger partial charge in [0.25, 0.3) is 0 Å². The molecule has 0 saturated carbocycles. The second kappa shape index (κ2) is 4.62. The van der Waals surface area contributed by atoms with Crippen molar-refractivity contribution < 1.29 is 9.13 Å². The average molecular weight is 118 g/mol. The van der Waals surface area contributed by atoms with Crippen LogP contribution < -0.4 is 0 Å². The van der Waals surface area contributed by atoms with Crippen molar-refractivity contribution in [2.45, 2.75) is 26.1 Å². The van der Waals surface area contributed by atoms with Crippen LogP contribution >= 0.6 is 0 Å². The fourth-order valence-corrected chi connectivity index (χ4v) is 0.399. The highest BCUT2D eigenvalue weighted by molar-refractivity contribution is 4.51. The molecule has 1 unspecified atom stereocenters. The van der Waals surface area contributed by atoms with E-state index in [-0.39, 0.29) is 0 Å². The smallest absolute Gasteiger partial charge is 0.237 e. The van der Waals surface area contributed by atoms with Crippen molar-refractivity contribution in [2.24, 2.45) is 0 Å². The molecule has 1 nitrogen and oxygen atoms in total. The van der Waals surface area contributed by atoms with Crippen molar-refractivity contribution >= 4 is 0 Å². The maximum absolute atomic E-state index is 12.1. The third-order valence-corrected chi connectivity index (χ3v) is 0.760. The molecular formula is C6H11FO. The Balaban J connectivity index is 3.03. The molecule has 0 aromatic heterocycles. The summed E-state index contributed by atoms with van der Waals surface area (Å²) in [5, 5.41) is 0. The fourth-order valence-electron chi connectivity index (χ4n) is 0.399. The lowest BCUT2D eigenvalue weighted by atomic mass is 10.3. The van der Waals surface area contributed by atoms with Gasteiger partial charge in [0.15, 0.2) is 0 Å². The van der Waals surface area contributed by atoms with E-state index in [9.17, 15) is 4.39 Å². The summed E-state index contributed by atoms with van der Waals surface area (Å²) in [5.41, 5.74) is 0. The average Bonchev–Trinajstić information content (AvgIpc) is 1.68. The van der Waals surface area contributed by atoms with Crippen molar-refractivity contribution in [1.82, 2.24) is 0 Å². The molecule has 0 amide bonds. The minimum Gasteiger partial charge on any atom is -0.469 e. The van der Waals surface area contributed by atoms with Crippen LogP contribution in [0.4, 0.5) is 4.39 Å². The largest absolute Gasteiger partial charge is 0.469 e. The van der Waals surface area contributed by atoms with E-state index in [1.54, 1.807) is 0 Å². The zero-order chi connectivity index (χ0) is 6.41. The summed E-state index contributed by atoms with van der Waals surface area (Å²) in [7, 11) is 0. The Bertz CT molecular complexity index is 63.5. The molecule has 8 heavy (non-hydrogen) atoms. The molecule has 0 spiro atoms. The van der Waals surface area contributed by atoms with Crippen molar-refractivity contribution in [1.29, 1.82) is 0 Å². The number of hydrogen-bond donors (Lipinski definition) is 0. The minimum atomic E-state index is -1.16. The third kappa shape index (κ3) is 3.65. The minimum absolute atomic E-state index is 0.450. The number of halogens is 1. The Morgan fingerprint density at radius 2 is 2.50 bits per heavy atom. The van der Waals surface area contributed by atoms with Crippen molar-refractivity contribution in [3.63, 3.8) is 0 Å². The van der Waals surface area contributed by atoms with Gasteiger partial charge >= 0.3 is 0 Å². The predicted octanol–water partition coefficient (Wildman–Crippen LogP) is 2.24. The summed E-state index contributed by atoms with van der Waals surface area (Å²) in [6, 6.07) is 0. The molecule has 0 aromatic carbocycles. The maximum Gasteiger partial charge on any atom is 0.237 e. The molecule has 0 saturated heterocycles. The van der Waals surface area contributed by atoms with E-state index in [0.717, 1.165) is 12.7 Å². The van der Waals surface area contributed by atoms with Crippen LogP contribution in [0.2, 0.25) is 0 Å². The van der Waals surface area contributed by atoms with Gasteiger partial charge in [-0.25, -0.2) is 4.39 Å². The van der Waals surface area contributed by atoms with E-state index in [1.807, 2.05) is 6.92 Å². The van der Waals surface area contributed by atoms with E-state index in [4.69, 9.17) is 0 Å². The molecule has 0 radical (unpaired) electrons. The van der Waals surface area contributed by atoms with E-state index < -0.39 is 6.36 Å². The standard InChI is InChI=1S/C6H11FO/c1-3-5-6(7)8-4-2/h4,6H,2-3,5H2,1H3. The highest BCUT2D eigenvalue weighted by Crippen LogP contribution is 2.01. The van der Waals surface area contributed by atoms with Crippen LogP contribution in [0.1, 0.15) is 19.8 Å². The molecule has 48 valence electrons. The van der Waals surface area contributed by atoms with Gasteiger partial charge in [0.1, 0.15) is 0 Å². The van der Waals surface area contributed by atoms with Crippen molar-refractivity contribution in [3.8, 4) is 0 Å². The molecule has 0 N–H and O–H groups in total. The van der Waals surface area contributed by atoms with Crippen LogP contribution in [0.3, 0.4) is 0 Å². The second-order valence-corrected chi connectivity index (χ2v) is 1.50. The van der Waals surface area contributed by atoms with Crippen molar-refractivity contribution in [3.05, 3.63) is 12.8 Å². The molecule has 2 heteroatoms. The van der Waals surface area contributed by atoms with Gasteiger partial charge in [0.2, 0.25) is 6.36 Å². The quantitative estimate of drug-likeness (QED) is 0.514. The van der Waals surface area contributed by atoms with E-state index in [0.29, 0.717) is 6.42 Å². The summed E-state index contributed by atoms with van der Waals surface area (Å²) in [4.78, 5) is 0. The Morgan fingerprint density at radius 1 is 1.88 bits per heavy atom. The fraction of sp³-hybridized carbons (Fsp3) is 0.667. The van der Waals surface area contributed by atoms with Crippen LogP contribution in [-0.2, 0) is 4.74 Å². The number of alkyl halides is 1. The molecule has 0 rings (SSSR count). The molecule has 0 aliphatic rings. The van der Waals surface area contributed by atoms with Gasteiger partial charge in [-0.05, 0) is 6.42 Å². The van der Waals surface area contributed by atoms with Gasteiger partial charge in [-0.3, -0.25) is 0 Å². The first kappa shape index (κ1) is 7.47. The van der Waals surface area contributed by atoms with Gasteiger partial charge in [0, 0.05) is 6.42 Å². The van der Waals surface area contributed by atoms with Crippen molar-refractivity contribution in [2.75, 3.05) is 0 Å². The Labute approximate surface area is 49.2 Å². The van der Waals surface area contributed by atoms with Crippen LogP contribution in [0, 0.1) is 0 Å². The summed E-state index contributed by atoms with van der Waals surface area (Å²) >= 11 is 0. The summed E-state index contributed by atoms with van der Waals surface area (Å²) in [5.74, 6) is 0. The third-order valence-electron chi connectivity index (χ3n) is 0.760. The molecule has 0 aliphatic carbocycles. The zero-order valence-electron chi connectivity index (χ0n) is 5.06. The predicted molar refractivity (Wildman–Crippen MR) is 31.1 cm³/mol. The lowest BCUT2D eigenvalue weighted by molar-refractivity contribution is 0.0180. The van der Waals surface area contributed by atoms with Gasteiger partial charge in [-0.2, -0.15) is 0 Å². The molecule has 0 aliphatic heterocycles. The Morgan fingerprint density at radius 3 is 2.88 bits per heavy atom. The first-order valence-corrected chi connectivity index (χ1v) is 2.71. The SMILES string of the molecule is C=COC(F)CCC. The first-order chi connectivity index (χ1) is 3.81.